The second-order valence-electron chi connectivity index (χ2n) is 8.07. The highest BCUT2D eigenvalue weighted by molar-refractivity contribution is 5.95. The van der Waals surface area contributed by atoms with E-state index >= 15 is 0 Å². The van der Waals surface area contributed by atoms with Crippen molar-refractivity contribution in [1.29, 1.82) is 0 Å². The molecular formula is C23H26FN5O. The quantitative estimate of drug-likeness (QED) is 0.604. The molecule has 1 fully saturated rings. The van der Waals surface area contributed by atoms with Gasteiger partial charge in [-0.25, -0.2) is 14.4 Å². The molecular weight excluding hydrogens is 381 g/mol. The fraction of sp³-hybridized carbons (Fsp3) is 0.348. The molecule has 2 aromatic heterocycles. The van der Waals surface area contributed by atoms with Gasteiger partial charge < -0.3 is 10.6 Å². The highest BCUT2D eigenvalue weighted by Gasteiger charge is 2.25. The first kappa shape index (κ1) is 20.1. The normalized spacial score (nSPS) is 14.0. The van der Waals surface area contributed by atoms with E-state index in [0.29, 0.717) is 22.9 Å². The van der Waals surface area contributed by atoms with Gasteiger partial charge in [-0.3, -0.25) is 9.20 Å². The minimum atomic E-state index is -0.540. The van der Waals surface area contributed by atoms with Crippen molar-refractivity contribution in [1.82, 2.24) is 19.7 Å². The number of aromatic nitrogens is 3. The summed E-state index contributed by atoms with van der Waals surface area (Å²) in [6.07, 6.45) is 9.34. The van der Waals surface area contributed by atoms with Crippen LogP contribution in [0.4, 0.5) is 10.2 Å². The number of nitrogens with one attached hydrogen (secondary N) is 2. The van der Waals surface area contributed by atoms with Crippen molar-refractivity contribution in [3.05, 3.63) is 53.7 Å². The van der Waals surface area contributed by atoms with E-state index in [1.807, 2.05) is 29.7 Å². The molecule has 0 unspecified atom stereocenters. The van der Waals surface area contributed by atoms with E-state index in [1.54, 1.807) is 12.3 Å². The number of benzene rings is 1. The molecule has 30 heavy (non-hydrogen) atoms. The van der Waals surface area contributed by atoms with Gasteiger partial charge in [-0.05, 0) is 43.9 Å². The first-order valence-electron chi connectivity index (χ1n) is 10.3. The predicted octanol–water partition coefficient (Wildman–Crippen LogP) is 4.53. The molecule has 6 nitrogen and oxygen atoms in total. The van der Waals surface area contributed by atoms with Crippen LogP contribution in [-0.2, 0) is 0 Å². The fourth-order valence-electron chi connectivity index (χ4n) is 3.24. The van der Waals surface area contributed by atoms with Crippen molar-refractivity contribution in [2.45, 2.75) is 39.7 Å². The number of amides is 1. The van der Waals surface area contributed by atoms with Crippen molar-refractivity contribution in [2.75, 3.05) is 11.9 Å². The number of rotatable bonds is 7. The topological polar surface area (TPSA) is 71.3 Å². The number of carbonyl (C=O) groups is 1. The molecule has 1 aromatic carbocycles. The minimum Gasteiger partial charge on any atom is -0.367 e. The van der Waals surface area contributed by atoms with E-state index in [1.165, 1.54) is 12.1 Å². The second-order valence-corrected chi connectivity index (χ2v) is 8.07. The maximum atomic E-state index is 14.7. The molecule has 0 bridgehead atoms. The molecule has 0 aliphatic heterocycles. The lowest BCUT2D eigenvalue weighted by atomic mass is 10.1. The Balaban J connectivity index is 1.73. The zero-order valence-electron chi connectivity index (χ0n) is 17.4. The molecule has 4 rings (SSSR count). The van der Waals surface area contributed by atoms with Crippen LogP contribution >= 0.6 is 0 Å². The van der Waals surface area contributed by atoms with Gasteiger partial charge in [0, 0.05) is 24.3 Å². The molecule has 156 valence electrons. The summed E-state index contributed by atoms with van der Waals surface area (Å²) in [4.78, 5) is 21.4. The SMILES string of the molecule is CC=Cc1cn2c(-c3ccc(C(=O)NC4CC4)c(F)c3)cnc2c(NCC(C)C)n1. The highest BCUT2D eigenvalue weighted by Crippen LogP contribution is 2.27. The van der Waals surface area contributed by atoms with Crippen LogP contribution in [0.1, 0.15) is 49.7 Å². The number of allylic oxidation sites excluding steroid dienone is 1. The molecule has 1 aliphatic rings. The Kier molecular flexibility index (Phi) is 5.53. The fourth-order valence-corrected chi connectivity index (χ4v) is 3.24. The van der Waals surface area contributed by atoms with Gasteiger partial charge in [0.05, 0.1) is 23.1 Å². The smallest absolute Gasteiger partial charge is 0.254 e. The Hall–Kier alpha value is -3.22. The van der Waals surface area contributed by atoms with Crippen molar-refractivity contribution >= 4 is 23.4 Å². The third-order valence-corrected chi connectivity index (χ3v) is 4.95. The minimum absolute atomic E-state index is 0.0648. The number of fused-ring (bicyclic) bond motifs is 1. The summed E-state index contributed by atoms with van der Waals surface area (Å²) in [6.45, 7) is 6.95. The van der Waals surface area contributed by atoms with Gasteiger partial charge >= 0.3 is 0 Å². The zero-order chi connectivity index (χ0) is 21.3. The molecule has 2 heterocycles. The Morgan fingerprint density at radius 1 is 1.37 bits per heavy atom. The van der Waals surface area contributed by atoms with Gasteiger partial charge in [-0.15, -0.1) is 0 Å². The van der Waals surface area contributed by atoms with E-state index in [2.05, 4.69) is 34.4 Å². The van der Waals surface area contributed by atoms with Crippen LogP contribution in [0.5, 0.6) is 0 Å². The lowest BCUT2D eigenvalue weighted by molar-refractivity contribution is 0.0947. The maximum Gasteiger partial charge on any atom is 0.254 e. The van der Waals surface area contributed by atoms with Gasteiger partial charge in [0.15, 0.2) is 11.5 Å². The monoisotopic (exact) mass is 407 g/mol. The third kappa shape index (κ3) is 4.20. The van der Waals surface area contributed by atoms with Crippen molar-refractivity contribution in [3.63, 3.8) is 0 Å². The largest absolute Gasteiger partial charge is 0.367 e. The number of halogens is 1. The summed E-state index contributed by atoms with van der Waals surface area (Å²) in [7, 11) is 0. The van der Waals surface area contributed by atoms with E-state index < -0.39 is 5.82 Å². The zero-order valence-corrected chi connectivity index (χ0v) is 17.4. The van der Waals surface area contributed by atoms with Crippen LogP contribution in [0.25, 0.3) is 23.0 Å². The summed E-state index contributed by atoms with van der Waals surface area (Å²) < 4.78 is 16.6. The average Bonchev–Trinajstić information content (AvgIpc) is 3.41. The standard InChI is InChI=1S/C23H26FN5O/c1-4-5-17-13-29-20(12-26-22(29)21(27-17)25-11-14(2)3)15-6-9-18(19(24)10-15)23(30)28-16-7-8-16/h4-6,9-10,12-14,16H,7-8,11H2,1-3H3,(H,25,27)(H,28,30). The third-order valence-electron chi connectivity index (χ3n) is 4.95. The Morgan fingerprint density at radius 3 is 2.83 bits per heavy atom. The van der Waals surface area contributed by atoms with E-state index in [4.69, 9.17) is 0 Å². The molecule has 1 aliphatic carbocycles. The average molecular weight is 407 g/mol. The first-order chi connectivity index (χ1) is 14.5. The molecule has 0 spiro atoms. The van der Waals surface area contributed by atoms with Crippen molar-refractivity contribution < 1.29 is 9.18 Å². The maximum absolute atomic E-state index is 14.7. The summed E-state index contributed by atoms with van der Waals surface area (Å²) in [5, 5.41) is 6.18. The highest BCUT2D eigenvalue weighted by atomic mass is 19.1. The molecule has 1 saturated carbocycles. The Morgan fingerprint density at radius 2 is 2.17 bits per heavy atom. The molecule has 1 amide bonds. The van der Waals surface area contributed by atoms with Crippen LogP contribution in [-0.4, -0.2) is 32.9 Å². The summed E-state index contributed by atoms with van der Waals surface area (Å²) in [5.74, 6) is 0.238. The molecule has 2 N–H and O–H groups in total. The van der Waals surface area contributed by atoms with Crippen LogP contribution in [0, 0.1) is 11.7 Å². The van der Waals surface area contributed by atoms with Gasteiger partial charge in [0.25, 0.3) is 5.91 Å². The number of hydrogen-bond acceptors (Lipinski definition) is 4. The molecule has 3 aromatic rings. The Labute approximate surface area is 175 Å². The van der Waals surface area contributed by atoms with Crippen LogP contribution < -0.4 is 10.6 Å². The molecule has 0 saturated heterocycles. The van der Waals surface area contributed by atoms with Gasteiger partial charge in [0.2, 0.25) is 0 Å². The Bertz CT molecular complexity index is 1110. The van der Waals surface area contributed by atoms with Gasteiger partial charge in [-0.1, -0.05) is 26.0 Å². The lowest BCUT2D eigenvalue weighted by Crippen LogP contribution is -2.26. The number of carbonyl (C=O) groups excluding carboxylic acids is 1. The molecule has 0 radical (unpaired) electrons. The summed E-state index contributed by atoms with van der Waals surface area (Å²) in [5.41, 5.74) is 2.90. The molecule has 7 heteroatoms. The van der Waals surface area contributed by atoms with Crippen LogP contribution in [0.2, 0.25) is 0 Å². The number of nitrogens with zero attached hydrogens (tertiary/aromatic N) is 3. The number of imidazole rings is 1. The van der Waals surface area contributed by atoms with Gasteiger partial charge in [0.1, 0.15) is 5.82 Å². The number of anilines is 1. The summed E-state index contributed by atoms with van der Waals surface area (Å²) in [6, 6.07) is 4.87. The van der Waals surface area contributed by atoms with E-state index in [-0.39, 0.29) is 17.5 Å². The lowest BCUT2D eigenvalue weighted by Gasteiger charge is -2.11. The number of hydrogen-bond donors (Lipinski definition) is 2. The van der Waals surface area contributed by atoms with Crippen molar-refractivity contribution in [2.24, 2.45) is 5.92 Å². The van der Waals surface area contributed by atoms with Crippen LogP contribution in [0.15, 0.2) is 36.7 Å². The van der Waals surface area contributed by atoms with Gasteiger partial charge in [-0.2, -0.15) is 0 Å². The van der Waals surface area contributed by atoms with E-state index in [9.17, 15) is 9.18 Å². The predicted molar refractivity (Wildman–Crippen MR) is 117 cm³/mol. The molecule has 0 atom stereocenters. The van der Waals surface area contributed by atoms with Crippen LogP contribution in [0.3, 0.4) is 0 Å². The van der Waals surface area contributed by atoms with E-state index in [0.717, 1.165) is 30.8 Å². The van der Waals surface area contributed by atoms with Crippen molar-refractivity contribution in [3.8, 4) is 11.3 Å². The first-order valence-corrected chi connectivity index (χ1v) is 10.3. The second kappa shape index (κ2) is 8.26. The summed E-state index contributed by atoms with van der Waals surface area (Å²) >= 11 is 0.